The lowest BCUT2D eigenvalue weighted by atomic mass is 9.87. The van der Waals surface area contributed by atoms with Gasteiger partial charge in [-0.1, -0.05) is 43.2 Å². The number of aliphatic hydroxyl groups is 1. The van der Waals surface area contributed by atoms with E-state index < -0.39 is 10.0 Å². The third-order valence-corrected chi connectivity index (χ3v) is 4.95. The van der Waals surface area contributed by atoms with Crippen LogP contribution in [-0.4, -0.2) is 26.2 Å². The predicted molar refractivity (Wildman–Crippen MR) is 75.0 cm³/mol. The number of aliphatic hydroxyl groups excluding tert-OH is 1. The van der Waals surface area contributed by atoms with Gasteiger partial charge in [-0.05, 0) is 24.3 Å². The van der Waals surface area contributed by atoms with Crippen molar-refractivity contribution >= 4 is 10.0 Å². The predicted octanol–water partition coefficient (Wildman–Crippen LogP) is 1.66. The van der Waals surface area contributed by atoms with Gasteiger partial charge in [0.25, 0.3) is 0 Å². The molecule has 1 fully saturated rings. The maximum atomic E-state index is 12.0. The summed E-state index contributed by atoms with van der Waals surface area (Å²) in [4.78, 5) is 0. The largest absolute Gasteiger partial charge is 0.393 e. The van der Waals surface area contributed by atoms with Crippen LogP contribution in [0.1, 0.15) is 31.2 Å². The first-order valence-electron chi connectivity index (χ1n) is 6.76. The molecule has 4 nitrogen and oxygen atoms in total. The van der Waals surface area contributed by atoms with Crippen molar-refractivity contribution in [1.29, 1.82) is 0 Å². The van der Waals surface area contributed by atoms with Crippen molar-refractivity contribution in [3.05, 3.63) is 35.9 Å². The van der Waals surface area contributed by atoms with Gasteiger partial charge in [-0.25, -0.2) is 13.1 Å². The SMILES string of the molecule is O=S(=O)(Cc1ccccc1)NCC1CCCCC1O. The van der Waals surface area contributed by atoms with Crippen molar-refractivity contribution in [3.63, 3.8) is 0 Å². The molecule has 1 aromatic rings. The second-order valence-corrected chi connectivity index (χ2v) is 7.01. The van der Waals surface area contributed by atoms with Crippen LogP contribution in [0, 0.1) is 5.92 Å². The van der Waals surface area contributed by atoms with Crippen molar-refractivity contribution in [2.75, 3.05) is 6.54 Å². The Morgan fingerprint density at radius 2 is 1.84 bits per heavy atom. The molecular weight excluding hydrogens is 262 g/mol. The molecule has 0 heterocycles. The molecule has 1 aliphatic rings. The van der Waals surface area contributed by atoms with E-state index in [4.69, 9.17) is 0 Å². The normalized spacial score (nSPS) is 24.3. The second-order valence-electron chi connectivity index (χ2n) is 5.21. The molecule has 1 aromatic carbocycles. The lowest BCUT2D eigenvalue weighted by Gasteiger charge is -2.27. The molecule has 2 atom stereocenters. The molecule has 2 N–H and O–H groups in total. The maximum Gasteiger partial charge on any atom is 0.215 e. The van der Waals surface area contributed by atoms with E-state index in [9.17, 15) is 13.5 Å². The topological polar surface area (TPSA) is 66.4 Å². The Morgan fingerprint density at radius 3 is 2.53 bits per heavy atom. The van der Waals surface area contributed by atoms with Crippen LogP contribution in [-0.2, 0) is 15.8 Å². The highest BCUT2D eigenvalue weighted by Crippen LogP contribution is 2.23. The minimum Gasteiger partial charge on any atom is -0.393 e. The van der Waals surface area contributed by atoms with Gasteiger partial charge in [-0.3, -0.25) is 0 Å². The van der Waals surface area contributed by atoms with Gasteiger partial charge in [0.15, 0.2) is 0 Å². The molecule has 0 saturated heterocycles. The number of hydrogen-bond donors (Lipinski definition) is 2. The summed E-state index contributed by atoms with van der Waals surface area (Å²) in [7, 11) is -3.32. The average Bonchev–Trinajstić information content (AvgIpc) is 2.38. The Labute approximate surface area is 114 Å². The Hall–Kier alpha value is -0.910. The van der Waals surface area contributed by atoms with E-state index in [0.29, 0.717) is 6.54 Å². The lowest BCUT2D eigenvalue weighted by molar-refractivity contribution is 0.0724. The fourth-order valence-electron chi connectivity index (χ4n) is 2.50. The number of hydrogen-bond acceptors (Lipinski definition) is 3. The molecule has 0 amide bonds. The molecule has 0 aliphatic heterocycles. The summed E-state index contributed by atoms with van der Waals surface area (Å²) < 4.78 is 26.5. The summed E-state index contributed by atoms with van der Waals surface area (Å²) in [6.45, 7) is 0.344. The Balaban J connectivity index is 1.87. The van der Waals surface area contributed by atoms with Crippen LogP contribution in [0.2, 0.25) is 0 Å². The van der Waals surface area contributed by atoms with Crippen molar-refractivity contribution in [2.24, 2.45) is 5.92 Å². The number of nitrogens with one attached hydrogen (secondary N) is 1. The average molecular weight is 283 g/mol. The molecule has 1 aliphatic carbocycles. The highest BCUT2D eigenvalue weighted by Gasteiger charge is 2.24. The van der Waals surface area contributed by atoms with E-state index in [1.54, 1.807) is 12.1 Å². The highest BCUT2D eigenvalue weighted by atomic mass is 32.2. The van der Waals surface area contributed by atoms with Crippen LogP contribution in [0.25, 0.3) is 0 Å². The molecule has 0 spiro atoms. The van der Waals surface area contributed by atoms with Crippen molar-refractivity contribution in [1.82, 2.24) is 4.72 Å². The summed E-state index contributed by atoms with van der Waals surface area (Å²) in [5.74, 6) is 0.0516. The molecule has 106 valence electrons. The zero-order valence-electron chi connectivity index (χ0n) is 11.0. The van der Waals surface area contributed by atoms with Gasteiger partial charge in [0, 0.05) is 6.54 Å². The van der Waals surface area contributed by atoms with Gasteiger partial charge >= 0.3 is 0 Å². The van der Waals surface area contributed by atoms with Crippen LogP contribution in [0.3, 0.4) is 0 Å². The van der Waals surface area contributed by atoms with E-state index >= 15 is 0 Å². The summed E-state index contributed by atoms with van der Waals surface area (Å²) in [6.07, 6.45) is 3.42. The van der Waals surface area contributed by atoms with Crippen LogP contribution in [0.4, 0.5) is 0 Å². The van der Waals surface area contributed by atoms with Gasteiger partial charge in [0.05, 0.1) is 11.9 Å². The minimum atomic E-state index is -3.32. The number of benzene rings is 1. The molecule has 0 bridgehead atoms. The Bertz CT molecular complexity index is 487. The molecule has 0 radical (unpaired) electrons. The van der Waals surface area contributed by atoms with Crippen LogP contribution in [0.15, 0.2) is 30.3 Å². The fourth-order valence-corrected chi connectivity index (χ4v) is 3.71. The first kappa shape index (κ1) is 14.5. The Morgan fingerprint density at radius 1 is 1.16 bits per heavy atom. The zero-order valence-corrected chi connectivity index (χ0v) is 11.8. The van der Waals surface area contributed by atoms with Crippen LogP contribution in [0.5, 0.6) is 0 Å². The van der Waals surface area contributed by atoms with Gasteiger partial charge in [0.1, 0.15) is 0 Å². The third-order valence-electron chi connectivity index (χ3n) is 3.63. The molecule has 1 saturated carbocycles. The summed E-state index contributed by atoms with van der Waals surface area (Å²) in [5, 5.41) is 9.82. The first-order valence-corrected chi connectivity index (χ1v) is 8.41. The first-order chi connectivity index (χ1) is 9.07. The van der Waals surface area contributed by atoms with Crippen molar-refractivity contribution < 1.29 is 13.5 Å². The fraction of sp³-hybridized carbons (Fsp3) is 0.571. The summed E-state index contributed by atoms with van der Waals surface area (Å²) >= 11 is 0. The van der Waals surface area contributed by atoms with E-state index in [0.717, 1.165) is 31.2 Å². The lowest BCUT2D eigenvalue weighted by Crippen LogP contribution is -2.37. The maximum absolute atomic E-state index is 12.0. The number of sulfonamides is 1. The zero-order chi connectivity index (χ0) is 13.7. The van der Waals surface area contributed by atoms with Gasteiger partial charge in [-0.2, -0.15) is 0 Å². The molecule has 19 heavy (non-hydrogen) atoms. The standard InChI is InChI=1S/C14H21NO3S/c16-14-9-5-4-8-13(14)10-15-19(17,18)11-12-6-2-1-3-7-12/h1-3,6-7,13-16H,4-5,8-11H2. The van der Waals surface area contributed by atoms with Crippen molar-refractivity contribution in [3.8, 4) is 0 Å². The van der Waals surface area contributed by atoms with E-state index in [2.05, 4.69) is 4.72 Å². The van der Waals surface area contributed by atoms with Gasteiger partial charge in [-0.15, -0.1) is 0 Å². The second kappa shape index (κ2) is 6.50. The third kappa shape index (κ3) is 4.60. The quantitative estimate of drug-likeness (QED) is 0.863. The highest BCUT2D eigenvalue weighted by molar-refractivity contribution is 7.88. The Kier molecular flexibility index (Phi) is 4.96. The molecular formula is C14H21NO3S. The molecule has 0 aromatic heterocycles. The van der Waals surface area contributed by atoms with Gasteiger partial charge < -0.3 is 5.11 Å². The number of rotatable bonds is 5. The summed E-state index contributed by atoms with van der Waals surface area (Å²) in [5.41, 5.74) is 0.777. The van der Waals surface area contributed by atoms with Crippen LogP contribution >= 0.6 is 0 Å². The van der Waals surface area contributed by atoms with Crippen molar-refractivity contribution in [2.45, 2.75) is 37.5 Å². The molecule has 2 unspecified atom stereocenters. The minimum absolute atomic E-state index is 0.00332. The van der Waals surface area contributed by atoms with E-state index in [-0.39, 0.29) is 17.8 Å². The molecule has 2 rings (SSSR count). The monoisotopic (exact) mass is 283 g/mol. The smallest absolute Gasteiger partial charge is 0.215 e. The summed E-state index contributed by atoms with van der Waals surface area (Å²) in [6, 6.07) is 9.12. The molecule has 5 heteroatoms. The van der Waals surface area contributed by atoms with E-state index in [1.165, 1.54) is 0 Å². The van der Waals surface area contributed by atoms with E-state index in [1.807, 2.05) is 18.2 Å². The van der Waals surface area contributed by atoms with Crippen LogP contribution < -0.4 is 4.72 Å². The van der Waals surface area contributed by atoms with Gasteiger partial charge in [0.2, 0.25) is 10.0 Å².